The number of non-ortho nitro benzene ring substituents is 1. The molecule has 8 nitrogen and oxygen atoms in total. The molecular formula is C14H14N4O4S. The Morgan fingerprint density at radius 1 is 1.13 bits per heavy atom. The van der Waals surface area contributed by atoms with Crippen LogP contribution in [0.5, 0.6) is 0 Å². The van der Waals surface area contributed by atoms with Crippen LogP contribution < -0.4 is 10.6 Å². The monoisotopic (exact) mass is 334 g/mol. The predicted octanol–water partition coefficient (Wildman–Crippen LogP) is 1.88. The van der Waals surface area contributed by atoms with Crippen LogP contribution in [-0.4, -0.2) is 19.1 Å². The molecule has 0 aliphatic rings. The lowest BCUT2D eigenvalue weighted by molar-refractivity contribution is -0.384. The zero-order chi connectivity index (χ0) is 17.0. The maximum Gasteiger partial charge on any atom is 0.276 e. The van der Waals surface area contributed by atoms with Crippen molar-refractivity contribution in [3.05, 3.63) is 64.2 Å². The zero-order valence-electron chi connectivity index (χ0n) is 12.1. The van der Waals surface area contributed by atoms with Crippen LogP contribution in [0.4, 0.5) is 11.4 Å². The van der Waals surface area contributed by atoms with Crippen molar-refractivity contribution in [3.8, 4) is 0 Å². The van der Waals surface area contributed by atoms with E-state index in [2.05, 4.69) is 9.93 Å². The van der Waals surface area contributed by atoms with Crippen molar-refractivity contribution in [3.63, 3.8) is 0 Å². The Labute approximate surface area is 132 Å². The molecule has 9 heteroatoms. The third kappa shape index (κ3) is 4.04. The van der Waals surface area contributed by atoms with Gasteiger partial charge in [-0.15, -0.1) is 0 Å². The summed E-state index contributed by atoms with van der Waals surface area (Å²) < 4.78 is 24.2. The molecule has 0 radical (unpaired) electrons. The molecule has 2 aromatic carbocycles. The Bertz CT molecular complexity index is 843. The first kappa shape index (κ1) is 16.4. The van der Waals surface area contributed by atoms with Gasteiger partial charge in [-0.05, 0) is 36.8 Å². The average molecular weight is 334 g/mol. The summed E-state index contributed by atoms with van der Waals surface area (Å²) in [6.45, 7) is 1.64. The molecule has 0 aliphatic heterocycles. The summed E-state index contributed by atoms with van der Waals surface area (Å²) in [5.74, 6) is 0. The lowest BCUT2D eigenvalue weighted by Gasteiger charge is -2.05. The zero-order valence-corrected chi connectivity index (χ0v) is 12.9. The molecule has 0 saturated carbocycles. The first-order valence-electron chi connectivity index (χ1n) is 6.46. The van der Waals surface area contributed by atoms with Crippen LogP contribution in [-0.2, 0) is 10.0 Å². The van der Waals surface area contributed by atoms with E-state index in [1.165, 1.54) is 0 Å². The van der Waals surface area contributed by atoms with E-state index < -0.39 is 14.9 Å². The number of benzene rings is 2. The number of hydrazone groups is 1. The number of hydrogen-bond donors (Lipinski definition) is 2. The molecule has 0 fully saturated rings. The van der Waals surface area contributed by atoms with E-state index in [4.69, 9.17) is 5.73 Å². The first-order valence-corrected chi connectivity index (χ1v) is 7.94. The summed E-state index contributed by atoms with van der Waals surface area (Å²) in [5.41, 5.74) is 7.15. The van der Waals surface area contributed by atoms with Crippen LogP contribution in [0.2, 0.25) is 0 Å². The minimum Gasteiger partial charge on any atom is -0.399 e. The Morgan fingerprint density at radius 2 is 1.70 bits per heavy atom. The molecule has 120 valence electrons. The molecule has 0 atom stereocenters. The van der Waals surface area contributed by atoms with Gasteiger partial charge in [-0.2, -0.15) is 18.4 Å². The first-order chi connectivity index (χ1) is 10.8. The number of nitrogens with zero attached hydrogens (tertiary/aromatic N) is 2. The molecule has 3 N–H and O–H groups in total. The van der Waals surface area contributed by atoms with Gasteiger partial charge in [-0.25, -0.2) is 0 Å². The molecule has 0 amide bonds. The summed E-state index contributed by atoms with van der Waals surface area (Å²) in [6.07, 6.45) is 0. The number of nitro groups is 1. The van der Waals surface area contributed by atoms with E-state index >= 15 is 0 Å². The molecule has 2 rings (SSSR count). The fourth-order valence-electron chi connectivity index (χ4n) is 1.72. The van der Waals surface area contributed by atoms with Crippen LogP contribution in [0.3, 0.4) is 0 Å². The van der Waals surface area contributed by atoms with Crippen LogP contribution in [0.15, 0.2) is 58.5 Å². The molecule has 0 heterocycles. The van der Waals surface area contributed by atoms with Gasteiger partial charge in [0.05, 0.1) is 15.5 Å². The molecule has 0 aliphatic carbocycles. The van der Waals surface area contributed by atoms with Gasteiger partial charge in [-0.3, -0.25) is 10.1 Å². The molecule has 0 unspecified atom stereocenters. The second kappa shape index (κ2) is 6.44. The topological polar surface area (TPSA) is 128 Å². The Morgan fingerprint density at radius 3 is 2.22 bits per heavy atom. The van der Waals surface area contributed by atoms with E-state index in [1.54, 1.807) is 31.2 Å². The SMILES string of the molecule is C/C(=N\NS(=O)(=O)c1ccc([N+](=O)[O-])cc1)c1ccc(N)cc1. The third-order valence-corrected chi connectivity index (χ3v) is 4.24. The Kier molecular flexibility index (Phi) is 4.60. The van der Waals surface area contributed by atoms with E-state index in [9.17, 15) is 18.5 Å². The summed E-state index contributed by atoms with van der Waals surface area (Å²) in [7, 11) is -3.90. The predicted molar refractivity (Wildman–Crippen MR) is 86.5 cm³/mol. The highest BCUT2D eigenvalue weighted by molar-refractivity contribution is 7.89. The fraction of sp³-hybridized carbons (Fsp3) is 0.0714. The van der Waals surface area contributed by atoms with Crippen molar-refractivity contribution in [2.45, 2.75) is 11.8 Å². The number of anilines is 1. The Hall–Kier alpha value is -2.94. The van der Waals surface area contributed by atoms with Gasteiger partial charge in [0, 0.05) is 17.8 Å². The van der Waals surface area contributed by atoms with E-state index in [1.807, 2.05) is 0 Å². The second-order valence-electron chi connectivity index (χ2n) is 4.66. The van der Waals surface area contributed by atoms with Crippen LogP contribution in [0.1, 0.15) is 12.5 Å². The third-order valence-electron chi connectivity index (χ3n) is 3.02. The molecule has 0 aromatic heterocycles. The Balaban J connectivity index is 2.18. The summed E-state index contributed by atoms with van der Waals surface area (Å²) in [6, 6.07) is 11.3. The van der Waals surface area contributed by atoms with E-state index in [-0.39, 0.29) is 10.6 Å². The number of nitrogen functional groups attached to an aromatic ring is 1. The second-order valence-corrected chi connectivity index (χ2v) is 6.33. The minimum atomic E-state index is -3.90. The molecule has 23 heavy (non-hydrogen) atoms. The number of nitrogens with one attached hydrogen (secondary N) is 1. The quantitative estimate of drug-likeness (QED) is 0.373. The molecule has 0 bridgehead atoms. The number of nitrogens with two attached hydrogens (primary N) is 1. The maximum absolute atomic E-state index is 12.1. The maximum atomic E-state index is 12.1. The van der Waals surface area contributed by atoms with E-state index in [0.717, 1.165) is 24.3 Å². The fourth-order valence-corrected chi connectivity index (χ4v) is 2.57. The lowest BCUT2D eigenvalue weighted by atomic mass is 10.1. The van der Waals surface area contributed by atoms with Crippen molar-refractivity contribution in [1.29, 1.82) is 0 Å². The molecule has 0 spiro atoms. The highest BCUT2D eigenvalue weighted by Crippen LogP contribution is 2.15. The molecule has 0 saturated heterocycles. The highest BCUT2D eigenvalue weighted by atomic mass is 32.2. The van der Waals surface area contributed by atoms with Gasteiger partial charge >= 0.3 is 0 Å². The molecular weight excluding hydrogens is 320 g/mol. The van der Waals surface area contributed by atoms with Crippen LogP contribution >= 0.6 is 0 Å². The summed E-state index contributed by atoms with van der Waals surface area (Å²) in [4.78, 5) is 11.9. The smallest absolute Gasteiger partial charge is 0.276 e. The van der Waals surface area contributed by atoms with Gasteiger partial charge in [0.2, 0.25) is 0 Å². The van der Waals surface area contributed by atoms with Gasteiger partial charge in [0.15, 0.2) is 0 Å². The minimum absolute atomic E-state index is 0.114. The number of rotatable bonds is 5. The number of hydrogen-bond acceptors (Lipinski definition) is 6. The van der Waals surface area contributed by atoms with Gasteiger partial charge in [-0.1, -0.05) is 12.1 Å². The largest absolute Gasteiger partial charge is 0.399 e. The highest BCUT2D eigenvalue weighted by Gasteiger charge is 2.15. The normalized spacial score (nSPS) is 12.0. The van der Waals surface area contributed by atoms with Crippen LogP contribution in [0.25, 0.3) is 0 Å². The van der Waals surface area contributed by atoms with Gasteiger partial charge < -0.3 is 5.73 Å². The lowest BCUT2D eigenvalue weighted by Crippen LogP contribution is -2.20. The van der Waals surface area contributed by atoms with Crippen molar-refractivity contribution >= 4 is 27.1 Å². The van der Waals surface area contributed by atoms with Gasteiger partial charge in [0.1, 0.15) is 0 Å². The van der Waals surface area contributed by atoms with E-state index in [0.29, 0.717) is 17.0 Å². The molecule has 2 aromatic rings. The summed E-state index contributed by atoms with van der Waals surface area (Å²) in [5, 5.41) is 14.4. The number of sulfonamides is 1. The van der Waals surface area contributed by atoms with Crippen molar-refractivity contribution in [2.75, 3.05) is 5.73 Å². The van der Waals surface area contributed by atoms with Crippen molar-refractivity contribution < 1.29 is 13.3 Å². The van der Waals surface area contributed by atoms with Crippen molar-refractivity contribution in [1.82, 2.24) is 4.83 Å². The summed E-state index contributed by atoms with van der Waals surface area (Å²) >= 11 is 0. The van der Waals surface area contributed by atoms with Gasteiger partial charge in [0.25, 0.3) is 15.7 Å². The van der Waals surface area contributed by atoms with Crippen molar-refractivity contribution in [2.24, 2.45) is 5.10 Å². The number of nitro benzene ring substituents is 1. The average Bonchev–Trinajstić information content (AvgIpc) is 2.53. The standard InChI is InChI=1S/C14H14N4O4S/c1-10(11-2-4-12(15)5-3-11)16-17-23(21,22)14-8-6-13(7-9-14)18(19)20/h2-9,17H,15H2,1H3/b16-10+. The van der Waals surface area contributed by atoms with Crippen LogP contribution in [0, 0.1) is 10.1 Å².